The summed E-state index contributed by atoms with van der Waals surface area (Å²) in [5.41, 5.74) is 4.39. The number of anilines is 3. The minimum Gasteiger partial charge on any atom is -0.379 e. The average Bonchev–Trinajstić information content (AvgIpc) is 2.59. The quantitative estimate of drug-likeness (QED) is 0.842. The number of nitrogens with zero attached hydrogens (tertiary/aromatic N) is 3. The highest BCUT2D eigenvalue weighted by molar-refractivity contribution is 5.63. The van der Waals surface area contributed by atoms with Crippen molar-refractivity contribution < 1.29 is 4.74 Å². The molecule has 2 N–H and O–H groups in total. The van der Waals surface area contributed by atoms with Crippen LogP contribution in [0, 0.1) is 20.8 Å². The van der Waals surface area contributed by atoms with Gasteiger partial charge in [0.1, 0.15) is 5.82 Å². The fourth-order valence-corrected chi connectivity index (χ4v) is 3.01. The van der Waals surface area contributed by atoms with Crippen LogP contribution < -0.4 is 10.6 Å². The van der Waals surface area contributed by atoms with Crippen LogP contribution in [0.2, 0.25) is 0 Å². The summed E-state index contributed by atoms with van der Waals surface area (Å²) in [6.07, 6.45) is 0. The molecule has 0 atom stereocenters. The fraction of sp³-hybridized carbons (Fsp3) is 0.474. The number of ether oxygens (including phenoxy) is 1. The van der Waals surface area contributed by atoms with Gasteiger partial charge in [0.15, 0.2) is 0 Å². The van der Waals surface area contributed by atoms with Crippen LogP contribution in [-0.2, 0) is 4.74 Å². The molecule has 0 aliphatic carbocycles. The van der Waals surface area contributed by atoms with Crippen molar-refractivity contribution in [3.8, 4) is 0 Å². The maximum absolute atomic E-state index is 5.38. The van der Waals surface area contributed by atoms with E-state index in [1.165, 1.54) is 11.1 Å². The molecule has 134 valence electrons. The van der Waals surface area contributed by atoms with Gasteiger partial charge >= 0.3 is 0 Å². The molecule has 25 heavy (non-hydrogen) atoms. The lowest BCUT2D eigenvalue weighted by Gasteiger charge is -2.26. The van der Waals surface area contributed by atoms with Gasteiger partial charge in [0.25, 0.3) is 0 Å². The van der Waals surface area contributed by atoms with E-state index in [0.29, 0.717) is 5.95 Å². The number of hydrogen-bond donors (Lipinski definition) is 2. The van der Waals surface area contributed by atoms with Crippen molar-refractivity contribution in [1.82, 2.24) is 14.9 Å². The number of morpholine rings is 1. The largest absolute Gasteiger partial charge is 0.379 e. The number of para-hydroxylation sites is 1. The van der Waals surface area contributed by atoms with Gasteiger partial charge in [-0.3, -0.25) is 4.90 Å². The maximum Gasteiger partial charge on any atom is 0.229 e. The predicted molar refractivity (Wildman–Crippen MR) is 102 cm³/mol. The molecule has 2 heterocycles. The molecule has 1 aromatic carbocycles. The first-order chi connectivity index (χ1) is 12.1. The molecule has 0 unspecified atom stereocenters. The van der Waals surface area contributed by atoms with Gasteiger partial charge in [-0.05, 0) is 31.9 Å². The van der Waals surface area contributed by atoms with E-state index in [-0.39, 0.29) is 0 Å². The van der Waals surface area contributed by atoms with Gasteiger partial charge in [0.2, 0.25) is 5.95 Å². The van der Waals surface area contributed by atoms with Crippen LogP contribution in [0.1, 0.15) is 16.8 Å². The Morgan fingerprint density at radius 1 is 1.08 bits per heavy atom. The van der Waals surface area contributed by atoms with Crippen LogP contribution in [0.3, 0.4) is 0 Å². The smallest absolute Gasteiger partial charge is 0.229 e. The molecular weight excluding hydrogens is 314 g/mol. The third kappa shape index (κ3) is 4.90. The topological polar surface area (TPSA) is 62.3 Å². The normalized spacial score (nSPS) is 15.2. The van der Waals surface area contributed by atoms with Crippen molar-refractivity contribution in [1.29, 1.82) is 0 Å². The second-order valence-corrected chi connectivity index (χ2v) is 6.49. The molecule has 1 aliphatic rings. The van der Waals surface area contributed by atoms with E-state index < -0.39 is 0 Å². The maximum atomic E-state index is 5.38. The molecule has 1 fully saturated rings. The summed E-state index contributed by atoms with van der Waals surface area (Å²) in [6.45, 7) is 11.7. The van der Waals surface area contributed by atoms with Crippen LogP contribution >= 0.6 is 0 Å². The Balaban J connectivity index is 1.64. The second-order valence-electron chi connectivity index (χ2n) is 6.49. The van der Waals surface area contributed by atoms with Crippen LogP contribution in [0.5, 0.6) is 0 Å². The number of hydrogen-bond acceptors (Lipinski definition) is 6. The summed E-state index contributed by atoms with van der Waals surface area (Å²) in [4.78, 5) is 11.5. The van der Waals surface area contributed by atoms with Crippen molar-refractivity contribution in [2.75, 3.05) is 50.0 Å². The third-order valence-electron chi connectivity index (χ3n) is 4.41. The molecule has 0 amide bonds. The second kappa shape index (κ2) is 8.27. The first-order valence-electron chi connectivity index (χ1n) is 8.85. The zero-order valence-electron chi connectivity index (χ0n) is 15.3. The van der Waals surface area contributed by atoms with Gasteiger partial charge in [-0.1, -0.05) is 18.2 Å². The van der Waals surface area contributed by atoms with E-state index in [4.69, 9.17) is 4.74 Å². The van der Waals surface area contributed by atoms with Gasteiger partial charge in [-0.15, -0.1) is 0 Å². The van der Waals surface area contributed by atoms with E-state index in [9.17, 15) is 0 Å². The minimum absolute atomic E-state index is 0.631. The summed E-state index contributed by atoms with van der Waals surface area (Å²) in [7, 11) is 0. The zero-order chi connectivity index (χ0) is 17.6. The van der Waals surface area contributed by atoms with Gasteiger partial charge in [0, 0.05) is 43.6 Å². The Labute approximate surface area is 149 Å². The highest BCUT2D eigenvalue weighted by Gasteiger charge is 2.10. The molecule has 6 heteroatoms. The lowest BCUT2D eigenvalue weighted by molar-refractivity contribution is 0.0398. The zero-order valence-corrected chi connectivity index (χ0v) is 15.3. The SMILES string of the molecule is Cc1cc(NCCN2CCOCC2)nc(Nc2c(C)cccc2C)n1. The summed E-state index contributed by atoms with van der Waals surface area (Å²) < 4.78 is 5.38. The van der Waals surface area contributed by atoms with E-state index in [1.807, 2.05) is 13.0 Å². The molecule has 2 aromatic rings. The first-order valence-corrected chi connectivity index (χ1v) is 8.85. The fourth-order valence-electron chi connectivity index (χ4n) is 3.01. The Morgan fingerprint density at radius 2 is 1.80 bits per heavy atom. The number of nitrogens with one attached hydrogen (secondary N) is 2. The number of rotatable bonds is 6. The van der Waals surface area contributed by atoms with Gasteiger partial charge in [-0.25, -0.2) is 4.98 Å². The van der Waals surface area contributed by atoms with Crippen molar-refractivity contribution in [2.45, 2.75) is 20.8 Å². The third-order valence-corrected chi connectivity index (χ3v) is 4.41. The van der Waals surface area contributed by atoms with Crippen LogP contribution in [0.25, 0.3) is 0 Å². The monoisotopic (exact) mass is 341 g/mol. The first kappa shape index (κ1) is 17.6. The van der Waals surface area contributed by atoms with E-state index >= 15 is 0 Å². The summed E-state index contributed by atoms with van der Waals surface area (Å²) >= 11 is 0. The average molecular weight is 341 g/mol. The number of aryl methyl sites for hydroxylation is 3. The van der Waals surface area contributed by atoms with Gasteiger partial charge in [0.05, 0.1) is 13.2 Å². The summed E-state index contributed by atoms with van der Waals surface area (Å²) in [5, 5.41) is 6.79. The summed E-state index contributed by atoms with van der Waals surface area (Å²) in [6, 6.07) is 8.22. The number of benzene rings is 1. The van der Waals surface area contributed by atoms with Crippen molar-refractivity contribution in [2.24, 2.45) is 0 Å². The highest BCUT2D eigenvalue weighted by Crippen LogP contribution is 2.23. The standard InChI is InChI=1S/C19H27N5O/c1-14-5-4-6-15(2)18(14)23-19-21-16(3)13-17(22-19)20-7-8-24-9-11-25-12-10-24/h4-6,13H,7-12H2,1-3H3,(H2,20,21,22,23). The number of aromatic nitrogens is 2. The molecule has 0 spiro atoms. The Morgan fingerprint density at radius 3 is 2.52 bits per heavy atom. The van der Waals surface area contributed by atoms with Gasteiger partial charge < -0.3 is 15.4 Å². The lowest BCUT2D eigenvalue weighted by Crippen LogP contribution is -2.39. The minimum atomic E-state index is 0.631. The molecular formula is C19H27N5O. The molecule has 1 aromatic heterocycles. The molecule has 1 aliphatic heterocycles. The van der Waals surface area contributed by atoms with Crippen molar-refractivity contribution in [3.05, 3.63) is 41.1 Å². The summed E-state index contributed by atoms with van der Waals surface area (Å²) in [5.74, 6) is 1.49. The van der Waals surface area contributed by atoms with Crippen LogP contribution in [0.15, 0.2) is 24.3 Å². The Bertz CT molecular complexity index is 693. The molecule has 1 saturated heterocycles. The lowest BCUT2D eigenvalue weighted by atomic mass is 10.1. The van der Waals surface area contributed by atoms with Crippen molar-refractivity contribution >= 4 is 17.5 Å². The molecule has 0 saturated carbocycles. The van der Waals surface area contributed by atoms with Gasteiger partial charge in [-0.2, -0.15) is 4.98 Å². The predicted octanol–water partition coefficient (Wildman–Crippen LogP) is 2.89. The van der Waals surface area contributed by atoms with E-state index in [2.05, 4.69) is 57.5 Å². The van der Waals surface area contributed by atoms with Crippen LogP contribution in [0.4, 0.5) is 17.5 Å². The molecule has 3 rings (SSSR count). The highest BCUT2D eigenvalue weighted by atomic mass is 16.5. The molecule has 6 nitrogen and oxygen atoms in total. The van der Waals surface area contributed by atoms with E-state index in [0.717, 1.165) is 56.6 Å². The molecule has 0 bridgehead atoms. The Kier molecular flexibility index (Phi) is 5.83. The Hall–Kier alpha value is -2.18. The molecule has 0 radical (unpaired) electrons. The van der Waals surface area contributed by atoms with Crippen molar-refractivity contribution in [3.63, 3.8) is 0 Å². The van der Waals surface area contributed by atoms with Crippen LogP contribution in [-0.4, -0.2) is 54.3 Å². The van der Waals surface area contributed by atoms with E-state index in [1.54, 1.807) is 0 Å².